The summed E-state index contributed by atoms with van der Waals surface area (Å²) in [6.45, 7) is 8.69. The molecular weight excluding hydrogens is 542 g/mol. The van der Waals surface area contributed by atoms with Gasteiger partial charge in [0.15, 0.2) is 0 Å². The van der Waals surface area contributed by atoms with E-state index in [1.54, 1.807) is 38.1 Å². The number of hydrogen-bond acceptors (Lipinski definition) is 11. The van der Waals surface area contributed by atoms with Crippen molar-refractivity contribution in [2.75, 3.05) is 104 Å². The zero-order valence-electron chi connectivity index (χ0n) is 23.8. The van der Waals surface area contributed by atoms with Crippen molar-refractivity contribution in [2.45, 2.75) is 13.8 Å². The van der Waals surface area contributed by atoms with Crippen molar-refractivity contribution in [1.82, 2.24) is 0 Å². The number of hydrogen-bond donors (Lipinski definition) is 1. The summed E-state index contributed by atoms with van der Waals surface area (Å²) in [5, 5.41) is 8.41. The van der Waals surface area contributed by atoms with Crippen molar-refractivity contribution < 1.29 is 57.4 Å². The molecule has 1 heterocycles. The van der Waals surface area contributed by atoms with Crippen LogP contribution in [0.2, 0.25) is 0 Å². The van der Waals surface area contributed by atoms with Crippen molar-refractivity contribution in [3.8, 4) is 5.75 Å². The van der Waals surface area contributed by atoms with Gasteiger partial charge in [-0.05, 0) is 38.1 Å². The third-order valence-electron chi connectivity index (χ3n) is 5.66. The molecule has 0 unspecified atom stereocenters. The van der Waals surface area contributed by atoms with Crippen LogP contribution in [0.5, 0.6) is 5.75 Å². The minimum Gasteiger partial charge on any atom is -0.491 e. The molecule has 1 aromatic carbocycles. The fourth-order valence-electron chi connectivity index (χ4n) is 3.37. The van der Waals surface area contributed by atoms with Gasteiger partial charge in [0.05, 0.1) is 91.6 Å². The summed E-state index contributed by atoms with van der Waals surface area (Å²) in [5.74, 6) is -0.977. The Bertz CT molecular complexity index is 926. The summed E-state index contributed by atoms with van der Waals surface area (Å²) in [5.41, 5.74) is 1.44. The molecule has 1 N–H and O–H groups in total. The van der Waals surface area contributed by atoms with Crippen LogP contribution < -0.4 is 9.64 Å². The Morgan fingerprint density at radius 3 is 1.29 bits per heavy atom. The van der Waals surface area contributed by atoms with Gasteiger partial charge >= 0.3 is 5.97 Å². The van der Waals surface area contributed by atoms with E-state index < -0.39 is 5.97 Å². The maximum Gasteiger partial charge on any atom is 0.329 e. The highest BCUT2D eigenvalue weighted by Crippen LogP contribution is 2.28. The van der Waals surface area contributed by atoms with E-state index in [-0.39, 0.29) is 25.0 Å². The summed E-state index contributed by atoms with van der Waals surface area (Å²) < 4.78 is 42.8. The van der Waals surface area contributed by atoms with Crippen LogP contribution in [-0.4, -0.2) is 122 Å². The number of carbonyl (C=O) groups is 3. The van der Waals surface area contributed by atoms with E-state index in [1.807, 2.05) is 0 Å². The Hall–Kier alpha value is -2.91. The maximum absolute atomic E-state index is 12.3. The summed E-state index contributed by atoms with van der Waals surface area (Å²) in [6, 6.07) is 6.79. The highest BCUT2D eigenvalue weighted by Gasteiger charge is 2.34. The molecule has 230 valence electrons. The van der Waals surface area contributed by atoms with Crippen LogP contribution in [0.4, 0.5) is 5.69 Å². The normalized spacial score (nSPS) is 13.5. The van der Waals surface area contributed by atoms with E-state index in [1.165, 1.54) is 4.90 Å². The van der Waals surface area contributed by atoms with Gasteiger partial charge in [-0.15, -0.1) is 0 Å². The average molecular weight is 584 g/mol. The number of anilines is 1. The van der Waals surface area contributed by atoms with Crippen molar-refractivity contribution in [1.29, 1.82) is 0 Å². The minimum atomic E-state index is -1.00. The number of benzene rings is 1. The molecular formula is C28H41NO12. The minimum absolute atomic E-state index is 0.233. The van der Waals surface area contributed by atoms with E-state index >= 15 is 0 Å². The molecule has 0 saturated carbocycles. The number of carboxylic acids is 1. The summed E-state index contributed by atoms with van der Waals surface area (Å²) >= 11 is 0. The molecule has 0 spiro atoms. The van der Waals surface area contributed by atoms with Crippen LogP contribution in [0, 0.1) is 0 Å². The van der Waals surface area contributed by atoms with Crippen molar-refractivity contribution in [3.63, 3.8) is 0 Å². The number of carboxylic acid groups (broad SMARTS) is 1. The first-order valence-corrected chi connectivity index (χ1v) is 13.5. The second-order valence-corrected chi connectivity index (χ2v) is 8.66. The smallest absolute Gasteiger partial charge is 0.329 e. The van der Waals surface area contributed by atoms with E-state index in [4.69, 9.17) is 43.0 Å². The summed E-state index contributed by atoms with van der Waals surface area (Å²) in [4.78, 5) is 35.9. The predicted molar refractivity (Wildman–Crippen MR) is 146 cm³/mol. The van der Waals surface area contributed by atoms with Crippen molar-refractivity contribution in [2.24, 2.45) is 0 Å². The molecule has 13 nitrogen and oxygen atoms in total. The molecule has 2 rings (SSSR count). The number of amides is 2. The van der Waals surface area contributed by atoms with Crippen LogP contribution in [0.25, 0.3) is 0 Å². The quantitative estimate of drug-likeness (QED) is 0.131. The zero-order valence-corrected chi connectivity index (χ0v) is 23.8. The summed E-state index contributed by atoms with van der Waals surface area (Å²) in [7, 11) is 0. The second kappa shape index (κ2) is 20.9. The molecule has 41 heavy (non-hydrogen) atoms. The molecule has 2 amide bonds. The topological polar surface area (TPSA) is 149 Å². The number of imide groups is 1. The van der Waals surface area contributed by atoms with Gasteiger partial charge in [0.25, 0.3) is 11.8 Å². The maximum atomic E-state index is 12.3. The first-order valence-electron chi connectivity index (χ1n) is 13.5. The number of carbonyl (C=O) groups excluding carboxylic acids is 2. The van der Waals surface area contributed by atoms with E-state index in [2.05, 4.69) is 0 Å². The fraction of sp³-hybridized carbons (Fsp3) is 0.607. The molecule has 0 aliphatic carbocycles. The van der Waals surface area contributed by atoms with Gasteiger partial charge in [0, 0.05) is 11.1 Å². The third-order valence-corrected chi connectivity index (χ3v) is 5.66. The van der Waals surface area contributed by atoms with E-state index in [0.717, 1.165) is 0 Å². The highest BCUT2D eigenvalue weighted by atomic mass is 16.6. The standard InChI is InChI=1S/C28H41NO12/c1-22-23(2)28(33)29(27(22)32)24-3-5-25(6-4-24)41-20-19-39-16-15-37-12-11-35-8-7-34-9-10-36-13-14-38-17-18-40-21-26(30)31/h3-6H,7-21H2,1-2H3,(H,30,31). The molecule has 0 saturated heterocycles. The van der Waals surface area contributed by atoms with Gasteiger partial charge in [-0.25, -0.2) is 9.69 Å². The lowest BCUT2D eigenvalue weighted by Gasteiger charge is -2.15. The largest absolute Gasteiger partial charge is 0.491 e. The van der Waals surface area contributed by atoms with Gasteiger partial charge in [-0.2, -0.15) is 0 Å². The molecule has 0 fully saturated rings. The lowest BCUT2D eigenvalue weighted by molar-refractivity contribution is -0.142. The Labute approximate surface area is 240 Å². The van der Waals surface area contributed by atoms with E-state index in [9.17, 15) is 14.4 Å². The van der Waals surface area contributed by atoms with Crippen LogP contribution >= 0.6 is 0 Å². The summed E-state index contributed by atoms with van der Waals surface area (Å²) in [6.07, 6.45) is 0. The first kappa shape index (κ1) is 34.3. The Kier molecular flexibility index (Phi) is 17.5. The SMILES string of the molecule is CC1=C(C)C(=O)N(c2ccc(OCCOCCOCCOCCOCCOCCOCCOCC(=O)O)cc2)C1=O. The number of ether oxygens (including phenoxy) is 8. The van der Waals surface area contributed by atoms with Crippen LogP contribution in [0.15, 0.2) is 35.4 Å². The first-order chi connectivity index (χ1) is 19.9. The Morgan fingerprint density at radius 2 is 0.927 bits per heavy atom. The van der Waals surface area contributed by atoms with Gasteiger partial charge < -0.3 is 43.0 Å². The molecule has 13 heteroatoms. The fourth-order valence-corrected chi connectivity index (χ4v) is 3.37. The highest BCUT2D eigenvalue weighted by molar-refractivity contribution is 6.32. The molecule has 1 aliphatic rings. The number of aliphatic carboxylic acids is 1. The van der Waals surface area contributed by atoms with Crippen LogP contribution in [-0.2, 0) is 47.5 Å². The monoisotopic (exact) mass is 583 g/mol. The molecule has 1 aromatic rings. The predicted octanol–water partition coefficient (Wildman–Crippen LogP) is 1.48. The van der Waals surface area contributed by atoms with Crippen LogP contribution in [0.3, 0.4) is 0 Å². The molecule has 0 bridgehead atoms. The number of nitrogens with zero attached hydrogens (tertiary/aromatic N) is 1. The third kappa shape index (κ3) is 14.0. The lowest BCUT2D eigenvalue weighted by atomic mass is 10.2. The molecule has 0 atom stereocenters. The van der Waals surface area contributed by atoms with Gasteiger partial charge in [0.2, 0.25) is 0 Å². The van der Waals surface area contributed by atoms with Gasteiger partial charge in [-0.1, -0.05) is 0 Å². The molecule has 0 radical (unpaired) electrons. The Balaban J connectivity index is 1.31. The second-order valence-electron chi connectivity index (χ2n) is 8.66. The zero-order chi connectivity index (χ0) is 29.7. The van der Waals surface area contributed by atoms with Crippen molar-refractivity contribution in [3.05, 3.63) is 35.4 Å². The van der Waals surface area contributed by atoms with Crippen molar-refractivity contribution >= 4 is 23.5 Å². The molecule has 1 aliphatic heterocycles. The Morgan fingerprint density at radius 1 is 0.585 bits per heavy atom. The lowest BCUT2D eigenvalue weighted by Crippen LogP contribution is -2.31. The van der Waals surface area contributed by atoms with Gasteiger partial charge in [-0.3, -0.25) is 9.59 Å². The van der Waals surface area contributed by atoms with Gasteiger partial charge in [0.1, 0.15) is 19.0 Å². The van der Waals surface area contributed by atoms with E-state index in [0.29, 0.717) is 108 Å². The average Bonchev–Trinajstić information content (AvgIpc) is 3.15. The molecule has 0 aromatic heterocycles. The number of rotatable bonds is 25. The van der Waals surface area contributed by atoms with Crippen LogP contribution in [0.1, 0.15) is 13.8 Å².